The second kappa shape index (κ2) is 7.06. The third-order valence-electron chi connectivity index (χ3n) is 3.52. The molecule has 0 aliphatic rings. The Labute approximate surface area is 133 Å². The first-order valence-corrected chi connectivity index (χ1v) is 7.60. The van der Waals surface area contributed by atoms with Crippen LogP contribution in [0.15, 0.2) is 36.4 Å². The van der Waals surface area contributed by atoms with E-state index in [1.165, 1.54) is 0 Å². The number of nitrogens with one attached hydrogen (secondary N) is 1. The molecule has 3 N–H and O–H groups in total. The predicted molar refractivity (Wildman–Crippen MR) is 86.5 cm³/mol. The Morgan fingerprint density at radius 1 is 1.00 bits per heavy atom. The number of hydrogen-bond acceptors (Lipinski definition) is 6. The van der Waals surface area contributed by atoms with Crippen molar-refractivity contribution in [3.05, 3.63) is 47.8 Å². The van der Waals surface area contributed by atoms with Gasteiger partial charge in [0.25, 0.3) is 0 Å². The van der Waals surface area contributed by atoms with Gasteiger partial charge < -0.3 is 15.5 Å². The zero-order valence-electron chi connectivity index (χ0n) is 12.7. The van der Waals surface area contributed by atoms with Crippen LogP contribution >= 0.6 is 0 Å². The summed E-state index contributed by atoms with van der Waals surface area (Å²) in [5.41, 5.74) is 1.72. The van der Waals surface area contributed by atoms with Crippen LogP contribution in [0, 0.1) is 0 Å². The van der Waals surface area contributed by atoms with Gasteiger partial charge in [0.15, 0.2) is 11.5 Å². The first-order valence-electron chi connectivity index (χ1n) is 7.60. The maximum Gasteiger partial charge on any atom is 0.178 e. The summed E-state index contributed by atoms with van der Waals surface area (Å²) >= 11 is 0. The molecule has 0 spiro atoms. The molecule has 0 amide bonds. The molecule has 120 valence electrons. The molecule has 7 heteroatoms. The maximum atomic E-state index is 9.34. The number of benzene rings is 1. The van der Waals surface area contributed by atoms with Crippen molar-refractivity contribution >= 4 is 11.5 Å². The van der Waals surface area contributed by atoms with E-state index in [1.54, 1.807) is 16.6 Å². The summed E-state index contributed by atoms with van der Waals surface area (Å²) in [4.78, 5) is 0. The fourth-order valence-corrected chi connectivity index (χ4v) is 2.29. The van der Waals surface area contributed by atoms with Crippen molar-refractivity contribution in [1.82, 2.24) is 19.8 Å². The standard InChI is InChI=1S/C16H19N5O2/c22-10-2-1-9-17-14-7-8-15-18-19-16(21(15)20-14)11-12-3-5-13(23)6-4-12/h3-8,22-23H,1-2,9-11H2,(H,17,20). The molecule has 2 heterocycles. The van der Waals surface area contributed by atoms with E-state index in [1.807, 2.05) is 24.3 Å². The van der Waals surface area contributed by atoms with Gasteiger partial charge in [0, 0.05) is 19.6 Å². The molecule has 0 aliphatic heterocycles. The zero-order valence-corrected chi connectivity index (χ0v) is 12.7. The maximum absolute atomic E-state index is 9.34. The van der Waals surface area contributed by atoms with Gasteiger partial charge in [-0.05, 0) is 42.7 Å². The number of aliphatic hydroxyl groups is 1. The molecule has 1 aromatic carbocycles. The molecule has 23 heavy (non-hydrogen) atoms. The van der Waals surface area contributed by atoms with Crippen molar-refractivity contribution < 1.29 is 10.2 Å². The average Bonchev–Trinajstić information content (AvgIpc) is 2.96. The lowest BCUT2D eigenvalue weighted by atomic mass is 10.1. The molecule has 0 aliphatic carbocycles. The van der Waals surface area contributed by atoms with Crippen LogP contribution in [-0.2, 0) is 6.42 Å². The third-order valence-corrected chi connectivity index (χ3v) is 3.52. The molecular formula is C16H19N5O2. The fourth-order valence-electron chi connectivity index (χ4n) is 2.29. The van der Waals surface area contributed by atoms with Crippen LogP contribution in [0.5, 0.6) is 5.75 Å². The predicted octanol–water partition coefficient (Wildman–Crippen LogP) is 1.61. The number of aromatic hydroxyl groups is 1. The van der Waals surface area contributed by atoms with Crippen LogP contribution in [0.4, 0.5) is 5.82 Å². The van der Waals surface area contributed by atoms with Gasteiger partial charge in [0.05, 0.1) is 0 Å². The Bertz CT molecular complexity index is 770. The summed E-state index contributed by atoms with van der Waals surface area (Å²) in [7, 11) is 0. The minimum Gasteiger partial charge on any atom is -0.508 e. The lowest BCUT2D eigenvalue weighted by Crippen LogP contribution is -2.07. The molecule has 0 unspecified atom stereocenters. The van der Waals surface area contributed by atoms with Crippen molar-refractivity contribution in [3.63, 3.8) is 0 Å². The van der Waals surface area contributed by atoms with Gasteiger partial charge in [-0.1, -0.05) is 12.1 Å². The minimum atomic E-state index is 0.205. The Morgan fingerprint density at radius 3 is 2.61 bits per heavy atom. The van der Waals surface area contributed by atoms with Crippen LogP contribution in [0.3, 0.4) is 0 Å². The number of nitrogens with zero attached hydrogens (tertiary/aromatic N) is 4. The summed E-state index contributed by atoms with van der Waals surface area (Å²) in [6.07, 6.45) is 2.25. The van der Waals surface area contributed by atoms with Gasteiger partial charge in [0.2, 0.25) is 0 Å². The molecule has 0 atom stereocenters. The number of aromatic nitrogens is 4. The molecule has 3 aromatic rings. The van der Waals surface area contributed by atoms with E-state index in [4.69, 9.17) is 5.11 Å². The van der Waals surface area contributed by atoms with Crippen LogP contribution < -0.4 is 5.32 Å². The summed E-state index contributed by atoms with van der Waals surface area (Å²) in [6, 6.07) is 10.8. The molecule has 3 rings (SSSR count). The molecular weight excluding hydrogens is 294 g/mol. The Kier molecular flexibility index (Phi) is 4.68. The number of phenols is 1. The van der Waals surface area contributed by atoms with Crippen molar-refractivity contribution in [1.29, 1.82) is 0 Å². The topological polar surface area (TPSA) is 95.6 Å². The first-order chi connectivity index (χ1) is 11.3. The number of aliphatic hydroxyl groups excluding tert-OH is 1. The van der Waals surface area contributed by atoms with E-state index < -0.39 is 0 Å². The van der Waals surface area contributed by atoms with Crippen LogP contribution in [0.1, 0.15) is 24.2 Å². The largest absolute Gasteiger partial charge is 0.508 e. The van der Waals surface area contributed by atoms with Crippen molar-refractivity contribution in [2.75, 3.05) is 18.5 Å². The number of anilines is 1. The van der Waals surface area contributed by atoms with Crippen molar-refractivity contribution in [2.45, 2.75) is 19.3 Å². The van der Waals surface area contributed by atoms with E-state index in [0.717, 1.165) is 36.6 Å². The summed E-state index contributed by atoms with van der Waals surface area (Å²) in [6.45, 7) is 0.963. The Hall–Kier alpha value is -2.67. The lowest BCUT2D eigenvalue weighted by molar-refractivity contribution is 0.286. The summed E-state index contributed by atoms with van der Waals surface area (Å²) < 4.78 is 1.72. The summed E-state index contributed by atoms with van der Waals surface area (Å²) in [5, 5.41) is 34.2. The first kappa shape index (κ1) is 15.2. The SMILES string of the molecule is OCCCCNc1ccc2nnc(Cc3ccc(O)cc3)n2n1. The van der Waals surface area contributed by atoms with Crippen LogP contribution in [-0.4, -0.2) is 43.2 Å². The monoisotopic (exact) mass is 313 g/mol. The highest BCUT2D eigenvalue weighted by atomic mass is 16.3. The quantitative estimate of drug-likeness (QED) is 0.574. The summed E-state index contributed by atoms with van der Waals surface area (Å²) in [5.74, 6) is 1.74. The van der Waals surface area contributed by atoms with Gasteiger partial charge in [-0.25, -0.2) is 0 Å². The number of phenolic OH excluding ortho intramolecular Hbond substituents is 1. The molecule has 0 bridgehead atoms. The normalized spacial score (nSPS) is 11.0. The number of hydrogen-bond donors (Lipinski definition) is 3. The molecule has 7 nitrogen and oxygen atoms in total. The highest BCUT2D eigenvalue weighted by Gasteiger charge is 2.08. The van der Waals surface area contributed by atoms with Gasteiger partial charge >= 0.3 is 0 Å². The van der Waals surface area contributed by atoms with Gasteiger partial charge in [0.1, 0.15) is 11.6 Å². The zero-order chi connectivity index (χ0) is 16.1. The molecule has 0 saturated heterocycles. The molecule has 0 radical (unpaired) electrons. The third kappa shape index (κ3) is 3.75. The number of rotatable bonds is 7. The Balaban J connectivity index is 1.76. The van der Waals surface area contributed by atoms with E-state index >= 15 is 0 Å². The van der Waals surface area contributed by atoms with Crippen molar-refractivity contribution in [3.8, 4) is 5.75 Å². The molecule has 2 aromatic heterocycles. The molecule has 0 fully saturated rings. The second-order valence-corrected chi connectivity index (χ2v) is 5.31. The minimum absolute atomic E-state index is 0.205. The van der Waals surface area contributed by atoms with E-state index in [9.17, 15) is 5.11 Å². The van der Waals surface area contributed by atoms with Gasteiger partial charge in [-0.15, -0.1) is 15.3 Å². The number of fused-ring (bicyclic) bond motifs is 1. The lowest BCUT2D eigenvalue weighted by Gasteiger charge is -2.06. The number of unbranched alkanes of at least 4 members (excludes halogenated alkanes) is 1. The Morgan fingerprint density at radius 2 is 1.83 bits per heavy atom. The fraction of sp³-hybridized carbons (Fsp3) is 0.312. The van der Waals surface area contributed by atoms with Gasteiger partial charge in [-0.3, -0.25) is 0 Å². The van der Waals surface area contributed by atoms with Crippen molar-refractivity contribution in [2.24, 2.45) is 0 Å². The molecule has 0 saturated carbocycles. The van der Waals surface area contributed by atoms with E-state index in [0.29, 0.717) is 12.1 Å². The second-order valence-electron chi connectivity index (χ2n) is 5.31. The average molecular weight is 313 g/mol. The van der Waals surface area contributed by atoms with E-state index in [2.05, 4.69) is 20.6 Å². The van der Waals surface area contributed by atoms with Gasteiger partial charge in [-0.2, -0.15) is 4.52 Å². The highest BCUT2D eigenvalue weighted by molar-refractivity contribution is 5.44. The smallest absolute Gasteiger partial charge is 0.178 e. The van der Waals surface area contributed by atoms with Crippen LogP contribution in [0.25, 0.3) is 5.65 Å². The highest BCUT2D eigenvalue weighted by Crippen LogP contribution is 2.14. The van der Waals surface area contributed by atoms with Crippen LogP contribution in [0.2, 0.25) is 0 Å². The van der Waals surface area contributed by atoms with E-state index in [-0.39, 0.29) is 12.4 Å².